The van der Waals surface area contributed by atoms with Gasteiger partial charge in [-0.3, -0.25) is 0 Å². The molecule has 1 aromatic heterocycles. The number of ether oxygens (including phenoxy) is 1. The average molecular weight is 352 g/mol. The van der Waals surface area contributed by atoms with Crippen molar-refractivity contribution in [2.24, 2.45) is 0 Å². The molecule has 0 fully saturated rings. The van der Waals surface area contributed by atoms with E-state index >= 15 is 0 Å². The number of nitrogens with one attached hydrogen (secondary N) is 1. The van der Waals surface area contributed by atoms with E-state index in [2.05, 4.69) is 39.8 Å². The van der Waals surface area contributed by atoms with E-state index in [0.717, 1.165) is 31.7 Å². The maximum Gasteiger partial charge on any atom is 0.345 e. The molecule has 3 aromatic rings. The Morgan fingerprint density at radius 3 is 2.54 bits per heavy atom. The highest BCUT2D eigenvalue weighted by molar-refractivity contribution is 5.34. The van der Waals surface area contributed by atoms with E-state index in [1.165, 1.54) is 5.56 Å². The number of aromatic nitrogens is 4. The van der Waals surface area contributed by atoms with Gasteiger partial charge in [-0.15, -0.1) is 0 Å². The van der Waals surface area contributed by atoms with Crippen molar-refractivity contribution < 1.29 is 4.74 Å². The van der Waals surface area contributed by atoms with E-state index in [1.807, 2.05) is 54.6 Å². The molecule has 0 aliphatic rings. The summed E-state index contributed by atoms with van der Waals surface area (Å²) in [6.45, 7) is 2.94. The summed E-state index contributed by atoms with van der Waals surface area (Å²) in [5, 5.41) is 15.1. The van der Waals surface area contributed by atoms with E-state index in [1.54, 1.807) is 4.68 Å². The predicted molar refractivity (Wildman–Crippen MR) is 101 cm³/mol. The second-order valence-electron chi connectivity index (χ2n) is 6.29. The third-order valence-electron chi connectivity index (χ3n) is 3.86. The lowest BCUT2D eigenvalue weighted by Gasteiger charge is -2.10. The van der Waals surface area contributed by atoms with Gasteiger partial charge in [-0.2, -0.15) is 4.68 Å². The van der Waals surface area contributed by atoms with Crippen molar-refractivity contribution in [1.29, 1.82) is 0 Å². The molecule has 136 valence electrons. The van der Waals surface area contributed by atoms with Crippen molar-refractivity contribution in [2.45, 2.75) is 13.0 Å². The Morgan fingerprint density at radius 1 is 1.04 bits per heavy atom. The topological polar surface area (TPSA) is 68.1 Å². The van der Waals surface area contributed by atoms with Crippen LogP contribution in [0.4, 0.5) is 0 Å². The van der Waals surface area contributed by atoms with Crippen molar-refractivity contribution in [3.63, 3.8) is 0 Å². The molecule has 26 heavy (non-hydrogen) atoms. The zero-order valence-electron chi connectivity index (χ0n) is 15.2. The summed E-state index contributed by atoms with van der Waals surface area (Å²) in [5.74, 6) is 0.702. The molecule has 1 heterocycles. The van der Waals surface area contributed by atoms with Gasteiger partial charge >= 0.3 is 6.01 Å². The van der Waals surface area contributed by atoms with Crippen LogP contribution in [-0.2, 0) is 6.54 Å². The van der Waals surface area contributed by atoms with Crippen LogP contribution in [0.15, 0.2) is 54.6 Å². The average Bonchev–Trinajstić information content (AvgIpc) is 3.11. The Kier molecular flexibility index (Phi) is 6.29. The van der Waals surface area contributed by atoms with Crippen molar-refractivity contribution in [3.8, 4) is 17.4 Å². The summed E-state index contributed by atoms with van der Waals surface area (Å²) in [6.07, 6.45) is 1.14. The van der Waals surface area contributed by atoms with Crippen LogP contribution in [-0.4, -0.2) is 52.3 Å². The number of tetrazole rings is 1. The molecule has 3 rings (SSSR count). The Morgan fingerprint density at radius 2 is 1.81 bits per heavy atom. The minimum atomic E-state index is 0.339. The summed E-state index contributed by atoms with van der Waals surface area (Å²) in [5.41, 5.74) is 2.07. The van der Waals surface area contributed by atoms with E-state index in [-0.39, 0.29) is 0 Å². The van der Waals surface area contributed by atoms with Gasteiger partial charge in [-0.25, -0.2) is 0 Å². The Bertz CT molecular complexity index is 785. The third kappa shape index (κ3) is 5.11. The van der Waals surface area contributed by atoms with E-state index in [9.17, 15) is 0 Å². The molecule has 7 heteroatoms. The molecule has 0 radical (unpaired) electrons. The third-order valence-corrected chi connectivity index (χ3v) is 3.86. The van der Waals surface area contributed by atoms with E-state index in [4.69, 9.17) is 4.74 Å². The molecule has 0 saturated carbocycles. The minimum Gasteiger partial charge on any atom is -0.423 e. The highest BCUT2D eigenvalue weighted by atomic mass is 16.5. The molecule has 0 aliphatic heterocycles. The first-order chi connectivity index (χ1) is 12.7. The lowest BCUT2D eigenvalue weighted by Crippen LogP contribution is -2.20. The summed E-state index contributed by atoms with van der Waals surface area (Å²) >= 11 is 0. The van der Waals surface area contributed by atoms with Gasteiger partial charge in [0.05, 0.1) is 5.69 Å². The molecule has 0 bridgehead atoms. The first-order valence-corrected chi connectivity index (χ1v) is 8.68. The van der Waals surface area contributed by atoms with Gasteiger partial charge < -0.3 is 15.0 Å². The zero-order valence-corrected chi connectivity index (χ0v) is 15.2. The molecule has 0 spiro atoms. The number of hydrogen-bond donors (Lipinski definition) is 1. The van der Waals surface area contributed by atoms with Crippen molar-refractivity contribution >= 4 is 0 Å². The molecule has 1 N–H and O–H groups in total. The van der Waals surface area contributed by atoms with Gasteiger partial charge in [0.1, 0.15) is 5.75 Å². The first-order valence-electron chi connectivity index (χ1n) is 8.68. The van der Waals surface area contributed by atoms with E-state index in [0.29, 0.717) is 11.8 Å². The molecule has 0 amide bonds. The lowest BCUT2D eigenvalue weighted by molar-refractivity contribution is 0.394. The molecule has 7 nitrogen and oxygen atoms in total. The van der Waals surface area contributed by atoms with Crippen LogP contribution in [0.2, 0.25) is 0 Å². The normalized spacial score (nSPS) is 11.0. The molecular weight excluding hydrogens is 328 g/mol. The highest BCUT2D eigenvalue weighted by Gasteiger charge is 2.10. The predicted octanol–water partition coefficient (Wildman–Crippen LogP) is 2.50. The van der Waals surface area contributed by atoms with Crippen molar-refractivity contribution in [1.82, 2.24) is 30.4 Å². The van der Waals surface area contributed by atoms with Crippen molar-refractivity contribution in [3.05, 3.63) is 60.2 Å². The van der Waals surface area contributed by atoms with Gasteiger partial charge in [-0.1, -0.05) is 35.4 Å². The summed E-state index contributed by atoms with van der Waals surface area (Å²) in [6, 6.07) is 18.0. The number of hydrogen-bond acceptors (Lipinski definition) is 6. The quantitative estimate of drug-likeness (QED) is 0.597. The SMILES string of the molecule is CN(C)CCCNCc1ccc(Oc2nnnn2-c2ccccc2)cc1. The van der Waals surface area contributed by atoms with Crippen LogP contribution in [0.25, 0.3) is 5.69 Å². The smallest absolute Gasteiger partial charge is 0.345 e. The summed E-state index contributed by atoms with van der Waals surface area (Å²) in [7, 11) is 4.18. The van der Waals surface area contributed by atoms with Gasteiger partial charge in [-0.05, 0) is 73.9 Å². The maximum absolute atomic E-state index is 5.83. The zero-order chi connectivity index (χ0) is 18.2. The Hall–Kier alpha value is -2.77. The molecule has 2 aromatic carbocycles. The monoisotopic (exact) mass is 352 g/mol. The second kappa shape index (κ2) is 9.07. The van der Waals surface area contributed by atoms with Gasteiger partial charge in [0, 0.05) is 6.54 Å². The van der Waals surface area contributed by atoms with Gasteiger partial charge in [0.25, 0.3) is 0 Å². The number of nitrogens with zero attached hydrogens (tertiary/aromatic N) is 5. The fourth-order valence-electron chi connectivity index (χ4n) is 2.51. The van der Waals surface area contributed by atoms with Crippen LogP contribution in [0.1, 0.15) is 12.0 Å². The fraction of sp³-hybridized carbons (Fsp3) is 0.316. The van der Waals surface area contributed by atoms with E-state index < -0.39 is 0 Å². The number of benzene rings is 2. The second-order valence-corrected chi connectivity index (χ2v) is 6.29. The lowest BCUT2D eigenvalue weighted by atomic mass is 10.2. The maximum atomic E-state index is 5.83. The number of para-hydroxylation sites is 1. The first kappa shape index (κ1) is 18.0. The highest BCUT2D eigenvalue weighted by Crippen LogP contribution is 2.21. The van der Waals surface area contributed by atoms with Crippen LogP contribution in [0.3, 0.4) is 0 Å². The van der Waals surface area contributed by atoms with Crippen molar-refractivity contribution in [2.75, 3.05) is 27.2 Å². The van der Waals surface area contributed by atoms with Crippen LogP contribution >= 0.6 is 0 Å². The van der Waals surface area contributed by atoms with Gasteiger partial charge in [0.2, 0.25) is 0 Å². The summed E-state index contributed by atoms with van der Waals surface area (Å²) in [4.78, 5) is 2.19. The molecule has 0 atom stereocenters. The molecule has 0 aliphatic carbocycles. The summed E-state index contributed by atoms with van der Waals surface area (Å²) < 4.78 is 7.40. The van der Waals surface area contributed by atoms with Crippen LogP contribution < -0.4 is 10.1 Å². The molecule has 0 saturated heterocycles. The Labute approximate surface area is 153 Å². The Balaban J connectivity index is 1.55. The minimum absolute atomic E-state index is 0.339. The van der Waals surface area contributed by atoms with Crippen LogP contribution in [0.5, 0.6) is 11.8 Å². The molecule has 0 unspecified atom stereocenters. The standard InChI is InChI=1S/C19H24N6O/c1-24(2)14-6-13-20-15-16-9-11-18(12-10-16)26-19-21-22-23-25(19)17-7-4-3-5-8-17/h3-5,7-12,20H,6,13-15H2,1-2H3. The number of rotatable bonds is 9. The molecular formula is C19H24N6O. The van der Waals surface area contributed by atoms with Gasteiger partial charge in [0.15, 0.2) is 0 Å². The fourth-order valence-corrected chi connectivity index (χ4v) is 2.51. The largest absolute Gasteiger partial charge is 0.423 e. The van der Waals surface area contributed by atoms with Crippen LogP contribution in [0, 0.1) is 0 Å².